The zero-order chi connectivity index (χ0) is 25.2. The second kappa shape index (κ2) is 10.6. The first-order valence-corrected chi connectivity index (χ1v) is 12.9. The van der Waals surface area contributed by atoms with Crippen LogP contribution in [0.5, 0.6) is 0 Å². The molecule has 192 valence electrons. The lowest BCUT2D eigenvalue weighted by atomic mass is 9.69. The number of pyridine rings is 1. The number of nitrogens with zero attached hydrogens (tertiary/aromatic N) is 5. The van der Waals surface area contributed by atoms with Crippen LogP contribution >= 0.6 is 0 Å². The van der Waals surface area contributed by atoms with Gasteiger partial charge < -0.3 is 19.9 Å². The summed E-state index contributed by atoms with van der Waals surface area (Å²) >= 11 is 0. The summed E-state index contributed by atoms with van der Waals surface area (Å²) in [5.41, 5.74) is 0.225. The molecule has 2 aromatic rings. The van der Waals surface area contributed by atoms with E-state index in [1.54, 1.807) is 33.5 Å². The molecule has 0 spiro atoms. The number of rotatable bonds is 9. The molecule has 1 N–H and O–H groups in total. The van der Waals surface area contributed by atoms with Crippen LogP contribution < -0.4 is 10.9 Å². The molecule has 3 heterocycles. The molecule has 0 radical (unpaired) electrons. The fraction of sp³-hybridized carbons (Fsp3) is 0.692. The van der Waals surface area contributed by atoms with Crippen molar-refractivity contribution in [1.82, 2.24) is 24.3 Å². The van der Waals surface area contributed by atoms with Crippen LogP contribution in [-0.4, -0.2) is 83.7 Å². The molecule has 9 nitrogen and oxygen atoms in total. The summed E-state index contributed by atoms with van der Waals surface area (Å²) in [5.74, 6) is 0.507. The van der Waals surface area contributed by atoms with Crippen LogP contribution in [0.2, 0.25) is 0 Å². The van der Waals surface area contributed by atoms with Gasteiger partial charge in [-0.05, 0) is 50.5 Å². The number of fused-ring (bicyclic) bond motifs is 1. The van der Waals surface area contributed by atoms with Crippen molar-refractivity contribution >= 4 is 22.9 Å². The number of methoxy groups -OCH3 is 1. The number of likely N-dealkylation sites (tertiary alicyclic amines) is 1. The number of carbonyl (C=O) groups excluding carboxylic acids is 1. The van der Waals surface area contributed by atoms with Gasteiger partial charge in [0.05, 0.1) is 5.54 Å². The van der Waals surface area contributed by atoms with E-state index in [1.807, 2.05) is 4.57 Å². The van der Waals surface area contributed by atoms with Gasteiger partial charge in [-0.2, -0.15) is 4.98 Å². The van der Waals surface area contributed by atoms with Crippen LogP contribution in [0.15, 0.2) is 17.1 Å². The van der Waals surface area contributed by atoms with Crippen LogP contribution in [0.1, 0.15) is 62.7 Å². The number of ether oxygens (including phenoxy) is 1. The number of carbonyl (C=O) groups is 1. The number of piperidine rings is 1. The van der Waals surface area contributed by atoms with Crippen molar-refractivity contribution in [2.75, 3.05) is 52.8 Å². The van der Waals surface area contributed by atoms with E-state index in [9.17, 15) is 9.59 Å². The molecule has 0 aromatic carbocycles. The average molecular weight is 485 g/mol. The van der Waals surface area contributed by atoms with Crippen LogP contribution in [-0.2, 0) is 10.3 Å². The minimum Gasteiger partial charge on any atom is -0.385 e. The summed E-state index contributed by atoms with van der Waals surface area (Å²) in [4.78, 5) is 40.0. The third-order valence-electron chi connectivity index (χ3n) is 7.86. The van der Waals surface area contributed by atoms with Crippen LogP contribution in [0.3, 0.4) is 0 Å². The fourth-order valence-corrected chi connectivity index (χ4v) is 5.49. The monoisotopic (exact) mass is 484 g/mol. The molecule has 0 bridgehead atoms. The Labute approximate surface area is 207 Å². The molecule has 0 unspecified atom stereocenters. The molecular formula is C26H40N6O3. The first kappa shape index (κ1) is 25.6. The summed E-state index contributed by atoms with van der Waals surface area (Å²) in [6.45, 7) is 8.23. The minimum absolute atomic E-state index is 0.180. The van der Waals surface area contributed by atoms with Crippen LogP contribution in [0.4, 0.5) is 5.95 Å². The van der Waals surface area contributed by atoms with Crippen LogP contribution in [0, 0.1) is 5.92 Å². The largest absolute Gasteiger partial charge is 0.385 e. The smallest absolute Gasteiger partial charge is 0.265 e. The Morgan fingerprint density at radius 1 is 1.29 bits per heavy atom. The predicted octanol–water partition coefficient (Wildman–Crippen LogP) is 2.94. The average Bonchev–Trinajstić information content (AvgIpc) is 2.80. The number of anilines is 1. The van der Waals surface area contributed by atoms with Gasteiger partial charge in [0.15, 0.2) is 0 Å². The standard InChI is InChI=1S/C26H40N6O3/c1-18(2)26(10-6-11-26)32-22-19(16-21(24(32)34)23(33)30(3)4)17-27-25(29-22)28-20-8-13-31(14-9-20)12-7-15-35-5/h16-18,20H,6-15H2,1-5H3,(H,27,28,29). The Kier molecular flexibility index (Phi) is 7.76. The number of nitrogens with one attached hydrogen (secondary N) is 1. The van der Waals surface area contributed by atoms with E-state index in [2.05, 4.69) is 29.0 Å². The molecule has 35 heavy (non-hydrogen) atoms. The summed E-state index contributed by atoms with van der Waals surface area (Å²) < 4.78 is 6.99. The van der Waals surface area contributed by atoms with Crippen molar-refractivity contribution in [1.29, 1.82) is 0 Å². The van der Waals surface area contributed by atoms with E-state index < -0.39 is 0 Å². The lowest BCUT2D eigenvalue weighted by Crippen LogP contribution is -2.51. The first-order chi connectivity index (χ1) is 16.8. The van der Waals surface area contributed by atoms with E-state index in [4.69, 9.17) is 9.72 Å². The van der Waals surface area contributed by atoms with E-state index in [0.717, 1.165) is 70.2 Å². The second-order valence-corrected chi connectivity index (χ2v) is 10.6. The second-order valence-electron chi connectivity index (χ2n) is 10.6. The highest BCUT2D eigenvalue weighted by Gasteiger charge is 2.44. The Hall–Kier alpha value is -2.52. The molecule has 2 aromatic heterocycles. The van der Waals surface area contributed by atoms with Gasteiger partial charge in [-0.15, -0.1) is 0 Å². The van der Waals surface area contributed by atoms with Gasteiger partial charge >= 0.3 is 0 Å². The maximum atomic E-state index is 13.7. The lowest BCUT2D eigenvalue weighted by Gasteiger charge is -2.47. The predicted molar refractivity (Wildman–Crippen MR) is 138 cm³/mol. The fourth-order valence-electron chi connectivity index (χ4n) is 5.49. The van der Waals surface area contributed by atoms with E-state index in [0.29, 0.717) is 17.6 Å². The van der Waals surface area contributed by atoms with E-state index in [1.165, 1.54) is 4.90 Å². The molecule has 9 heteroatoms. The van der Waals surface area contributed by atoms with Gasteiger partial charge in [0.2, 0.25) is 5.95 Å². The quantitative estimate of drug-likeness (QED) is 0.547. The highest BCUT2D eigenvalue weighted by atomic mass is 16.5. The van der Waals surface area contributed by atoms with E-state index in [-0.39, 0.29) is 28.5 Å². The highest BCUT2D eigenvalue weighted by molar-refractivity contribution is 5.96. The van der Waals surface area contributed by atoms with E-state index >= 15 is 0 Å². The van der Waals surface area contributed by atoms with Crippen molar-refractivity contribution in [2.24, 2.45) is 5.92 Å². The number of hydrogen-bond donors (Lipinski definition) is 1. The lowest BCUT2D eigenvalue weighted by molar-refractivity contribution is 0.0768. The molecule has 1 saturated heterocycles. The normalized spacial score (nSPS) is 18.6. The Balaban J connectivity index is 1.64. The van der Waals surface area contributed by atoms with Crippen molar-refractivity contribution in [3.8, 4) is 0 Å². The summed E-state index contributed by atoms with van der Waals surface area (Å²) in [6, 6.07) is 1.95. The Bertz CT molecular complexity index is 1100. The van der Waals surface area contributed by atoms with Gasteiger partial charge in [0.25, 0.3) is 11.5 Å². The number of amides is 1. The minimum atomic E-state index is -0.322. The van der Waals surface area contributed by atoms with Gasteiger partial charge in [-0.3, -0.25) is 14.2 Å². The Morgan fingerprint density at radius 3 is 2.57 bits per heavy atom. The molecule has 1 aliphatic heterocycles. The first-order valence-electron chi connectivity index (χ1n) is 12.9. The highest BCUT2D eigenvalue weighted by Crippen LogP contribution is 2.45. The zero-order valence-corrected chi connectivity index (χ0v) is 21.8. The molecule has 1 amide bonds. The molecule has 2 fully saturated rings. The van der Waals surface area contributed by atoms with Crippen molar-refractivity contribution in [3.05, 3.63) is 28.2 Å². The molecular weight excluding hydrogens is 444 g/mol. The molecule has 2 aliphatic rings. The molecule has 0 atom stereocenters. The summed E-state index contributed by atoms with van der Waals surface area (Å²) in [7, 11) is 5.09. The third kappa shape index (κ3) is 5.07. The number of hydrogen-bond acceptors (Lipinski definition) is 7. The van der Waals surface area contributed by atoms with Crippen molar-refractivity contribution < 1.29 is 9.53 Å². The Morgan fingerprint density at radius 2 is 2.00 bits per heavy atom. The maximum absolute atomic E-state index is 13.7. The number of aromatic nitrogens is 3. The molecule has 1 aliphatic carbocycles. The zero-order valence-electron chi connectivity index (χ0n) is 21.8. The maximum Gasteiger partial charge on any atom is 0.265 e. The van der Waals surface area contributed by atoms with Crippen LogP contribution in [0.25, 0.3) is 11.0 Å². The topological polar surface area (TPSA) is 92.6 Å². The third-order valence-corrected chi connectivity index (χ3v) is 7.86. The SMILES string of the molecule is COCCCN1CCC(Nc2ncc3cc(C(=O)N(C)C)c(=O)n(C4(C(C)C)CCC4)c3n2)CC1. The van der Waals surface area contributed by atoms with Crippen molar-refractivity contribution in [3.63, 3.8) is 0 Å². The van der Waals surface area contributed by atoms with Gasteiger partial charge in [0, 0.05) is 65.1 Å². The summed E-state index contributed by atoms with van der Waals surface area (Å²) in [6.07, 6.45) is 7.73. The molecule has 4 rings (SSSR count). The van der Waals surface area contributed by atoms with Gasteiger partial charge in [-0.25, -0.2) is 4.98 Å². The summed E-state index contributed by atoms with van der Waals surface area (Å²) in [5, 5.41) is 4.24. The van der Waals surface area contributed by atoms with Gasteiger partial charge in [-0.1, -0.05) is 13.8 Å². The molecule has 1 saturated carbocycles. The van der Waals surface area contributed by atoms with Crippen molar-refractivity contribution in [2.45, 2.75) is 64.0 Å². The van der Waals surface area contributed by atoms with Gasteiger partial charge in [0.1, 0.15) is 11.2 Å².